The van der Waals surface area contributed by atoms with Crippen molar-refractivity contribution < 1.29 is 4.74 Å². The van der Waals surface area contributed by atoms with E-state index in [2.05, 4.69) is 9.97 Å². The number of ether oxygens (including phenoxy) is 1. The molecule has 2 N–H and O–H groups in total. The summed E-state index contributed by atoms with van der Waals surface area (Å²) in [5.74, 6) is 2.12. The summed E-state index contributed by atoms with van der Waals surface area (Å²) >= 11 is 0. The molecule has 0 aliphatic rings. The molecule has 0 aliphatic carbocycles. The first kappa shape index (κ1) is 11.4. The molecule has 2 rings (SSSR count). The summed E-state index contributed by atoms with van der Waals surface area (Å²) in [5, 5.41) is 0. The molecular weight excluding hydrogens is 214 g/mol. The van der Waals surface area contributed by atoms with E-state index in [9.17, 15) is 0 Å². The highest BCUT2D eigenvalue weighted by molar-refractivity contribution is 5.37. The number of methoxy groups -OCH3 is 1. The second-order valence-corrected chi connectivity index (χ2v) is 3.88. The van der Waals surface area contributed by atoms with E-state index in [0.29, 0.717) is 12.2 Å². The van der Waals surface area contributed by atoms with Gasteiger partial charge in [-0.25, -0.2) is 9.97 Å². The average Bonchev–Trinajstić information content (AvgIpc) is 2.35. The van der Waals surface area contributed by atoms with Crippen LogP contribution in [-0.2, 0) is 6.42 Å². The van der Waals surface area contributed by atoms with Crippen molar-refractivity contribution in [1.29, 1.82) is 0 Å². The number of benzene rings is 1. The fourth-order valence-electron chi connectivity index (χ4n) is 1.50. The lowest BCUT2D eigenvalue weighted by Gasteiger charge is -2.04. The van der Waals surface area contributed by atoms with Crippen molar-refractivity contribution in [2.75, 3.05) is 12.8 Å². The lowest BCUT2D eigenvalue weighted by molar-refractivity contribution is 0.414. The zero-order valence-corrected chi connectivity index (χ0v) is 9.97. The Balaban J connectivity index is 2.16. The lowest BCUT2D eigenvalue weighted by atomic mass is 10.1. The number of nitrogens with zero attached hydrogens (tertiary/aromatic N) is 2. The number of anilines is 1. The van der Waals surface area contributed by atoms with E-state index >= 15 is 0 Å². The highest BCUT2D eigenvalue weighted by Crippen LogP contribution is 2.14. The van der Waals surface area contributed by atoms with Crippen molar-refractivity contribution in [3.63, 3.8) is 0 Å². The zero-order valence-electron chi connectivity index (χ0n) is 9.97. The highest BCUT2D eigenvalue weighted by atomic mass is 16.5. The van der Waals surface area contributed by atoms with Crippen molar-refractivity contribution in [3.05, 3.63) is 47.4 Å². The van der Waals surface area contributed by atoms with Gasteiger partial charge in [0.25, 0.3) is 0 Å². The summed E-state index contributed by atoms with van der Waals surface area (Å²) in [6, 6.07) is 7.84. The quantitative estimate of drug-likeness (QED) is 0.874. The van der Waals surface area contributed by atoms with Crippen LogP contribution in [0.4, 0.5) is 5.82 Å². The fraction of sp³-hybridized carbons (Fsp3) is 0.231. The van der Waals surface area contributed by atoms with Gasteiger partial charge in [0.15, 0.2) is 0 Å². The topological polar surface area (TPSA) is 61.0 Å². The first-order valence-corrected chi connectivity index (χ1v) is 5.40. The van der Waals surface area contributed by atoms with Crippen LogP contribution < -0.4 is 10.5 Å². The van der Waals surface area contributed by atoms with Gasteiger partial charge in [0.2, 0.25) is 0 Å². The van der Waals surface area contributed by atoms with Crippen LogP contribution in [0.15, 0.2) is 30.5 Å². The molecule has 0 atom stereocenters. The molecule has 88 valence electrons. The molecule has 1 heterocycles. The maximum atomic E-state index is 5.75. The van der Waals surface area contributed by atoms with Crippen molar-refractivity contribution in [1.82, 2.24) is 9.97 Å². The van der Waals surface area contributed by atoms with E-state index in [1.54, 1.807) is 13.3 Å². The Bertz CT molecular complexity index is 509. The standard InChI is InChI=1S/C13H15N3O/c1-9-8-15-12(16-13(9)14)7-10-3-5-11(17-2)6-4-10/h3-6,8H,7H2,1-2H3,(H2,14,15,16). The molecule has 4 nitrogen and oxygen atoms in total. The molecule has 17 heavy (non-hydrogen) atoms. The molecule has 2 aromatic rings. The van der Waals surface area contributed by atoms with Crippen LogP contribution in [0.5, 0.6) is 5.75 Å². The molecule has 4 heteroatoms. The largest absolute Gasteiger partial charge is 0.497 e. The lowest BCUT2D eigenvalue weighted by Crippen LogP contribution is -2.02. The van der Waals surface area contributed by atoms with Gasteiger partial charge in [-0.1, -0.05) is 12.1 Å². The maximum Gasteiger partial charge on any atom is 0.135 e. The molecule has 0 aliphatic heterocycles. The van der Waals surface area contributed by atoms with Gasteiger partial charge in [0.05, 0.1) is 7.11 Å². The number of nitrogen functional groups attached to an aromatic ring is 1. The predicted octanol–water partition coefficient (Wildman–Crippen LogP) is 1.97. The van der Waals surface area contributed by atoms with Gasteiger partial charge in [-0.2, -0.15) is 0 Å². The summed E-state index contributed by atoms with van der Waals surface area (Å²) in [7, 11) is 1.65. The summed E-state index contributed by atoms with van der Waals surface area (Å²) in [6.07, 6.45) is 2.43. The van der Waals surface area contributed by atoms with Crippen molar-refractivity contribution >= 4 is 5.82 Å². The second kappa shape index (κ2) is 4.82. The van der Waals surface area contributed by atoms with E-state index < -0.39 is 0 Å². The number of aromatic nitrogens is 2. The monoisotopic (exact) mass is 229 g/mol. The van der Waals surface area contributed by atoms with E-state index in [1.807, 2.05) is 31.2 Å². The van der Waals surface area contributed by atoms with Crippen LogP contribution in [-0.4, -0.2) is 17.1 Å². The Morgan fingerprint density at radius 2 is 1.94 bits per heavy atom. The van der Waals surface area contributed by atoms with Crippen molar-refractivity contribution in [2.45, 2.75) is 13.3 Å². The molecule has 0 spiro atoms. The Labute approximate surface area is 100 Å². The Kier molecular flexibility index (Phi) is 3.23. The number of hydrogen-bond donors (Lipinski definition) is 1. The van der Waals surface area contributed by atoms with E-state index in [-0.39, 0.29) is 0 Å². The van der Waals surface area contributed by atoms with Gasteiger partial charge in [0, 0.05) is 18.2 Å². The normalized spacial score (nSPS) is 10.2. The summed E-state index contributed by atoms with van der Waals surface area (Å²) in [5.41, 5.74) is 7.79. The molecular formula is C13H15N3O. The number of hydrogen-bond acceptors (Lipinski definition) is 4. The Morgan fingerprint density at radius 3 is 2.53 bits per heavy atom. The third-order valence-electron chi connectivity index (χ3n) is 2.58. The minimum absolute atomic E-state index is 0.545. The van der Waals surface area contributed by atoms with Crippen molar-refractivity contribution in [3.8, 4) is 5.75 Å². The molecule has 0 unspecified atom stereocenters. The Morgan fingerprint density at radius 1 is 1.24 bits per heavy atom. The van der Waals surface area contributed by atoms with Crippen LogP contribution >= 0.6 is 0 Å². The third-order valence-corrected chi connectivity index (χ3v) is 2.58. The smallest absolute Gasteiger partial charge is 0.135 e. The average molecular weight is 229 g/mol. The van der Waals surface area contributed by atoms with Gasteiger partial charge in [0.1, 0.15) is 17.4 Å². The van der Waals surface area contributed by atoms with Crippen LogP contribution in [0.2, 0.25) is 0 Å². The van der Waals surface area contributed by atoms with E-state index in [1.165, 1.54) is 0 Å². The number of nitrogens with two attached hydrogens (primary N) is 1. The molecule has 0 bridgehead atoms. The molecule has 0 amide bonds. The van der Waals surface area contributed by atoms with E-state index in [0.717, 1.165) is 22.7 Å². The minimum atomic E-state index is 0.545. The first-order chi connectivity index (χ1) is 8.19. The molecule has 1 aromatic carbocycles. The van der Waals surface area contributed by atoms with Crippen molar-refractivity contribution in [2.24, 2.45) is 0 Å². The van der Waals surface area contributed by atoms with Gasteiger partial charge in [-0.15, -0.1) is 0 Å². The highest BCUT2D eigenvalue weighted by Gasteiger charge is 2.02. The number of rotatable bonds is 3. The van der Waals surface area contributed by atoms with Gasteiger partial charge >= 0.3 is 0 Å². The van der Waals surface area contributed by atoms with Crippen LogP contribution in [0.3, 0.4) is 0 Å². The molecule has 0 saturated carbocycles. The Hall–Kier alpha value is -2.10. The predicted molar refractivity (Wildman–Crippen MR) is 67.0 cm³/mol. The second-order valence-electron chi connectivity index (χ2n) is 3.88. The first-order valence-electron chi connectivity index (χ1n) is 5.40. The SMILES string of the molecule is COc1ccc(Cc2ncc(C)c(N)n2)cc1. The minimum Gasteiger partial charge on any atom is -0.497 e. The number of aryl methyl sites for hydroxylation is 1. The van der Waals surface area contributed by atoms with Crippen LogP contribution in [0, 0.1) is 6.92 Å². The molecule has 0 fully saturated rings. The molecule has 0 radical (unpaired) electrons. The van der Waals surface area contributed by atoms with Crippen LogP contribution in [0.25, 0.3) is 0 Å². The van der Waals surface area contributed by atoms with Gasteiger partial charge in [-0.05, 0) is 24.6 Å². The van der Waals surface area contributed by atoms with Crippen LogP contribution in [0.1, 0.15) is 17.0 Å². The molecule has 1 aromatic heterocycles. The molecule has 0 saturated heterocycles. The van der Waals surface area contributed by atoms with Gasteiger partial charge in [-0.3, -0.25) is 0 Å². The summed E-state index contributed by atoms with van der Waals surface area (Å²) in [4.78, 5) is 8.50. The van der Waals surface area contributed by atoms with E-state index in [4.69, 9.17) is 10.5 Å². The maximum absolute atomic E-state index is 5.75. The summed E-state index contributed by atoms with van der Waals surface area (Å²) < 4.78 is 5.10. The fourth-order valence-corrected chi connectivity index (χ4v) is 1.50. The van der Waals surface area contributed by atoms with Gasteiger partial charge < -0.3 is 10.5 Å². The zero-order chi connectivity index (χ0) is 12.3. The third kappa shape index (κ3) is 2.72. The summed E-state index contributed by atoms with van der Waals surface area (Å²) in [6.45, 7) is 1.90.